The number of alkyl halides is 1. The van der Waals surface area contributed by atoms with Crippen LogP contribution in [-0.2, 0) is 5.67 Å². The minimum absolute atomic E-state index is 0.179. The van der Waals surface area contributed by atoms with Crippen LogP contribution < -0.4 is 0 Å². The number of carboxylic acids is 1. The maximum absolute atomic E-state index is 13.8. The standard InChI is InChI=1S/C13H12FNO2/c1-13(2,14)8-3-4-9-10(12(16)17)5-6-15-11(9)7-8/h3-7H,1-2H3,(H,16,17). The van der Waals surface area contributed by atoms with Gasteiger partial charge in [0.05, 0.1) is 11.1 Å². The third kappa shape index (κ3) is 2.11. The second-order valence-corrected chi connectivity index (χ2v) is 4.37. The molecule has 0 saturated heterocycles. The number of nitrogens with zero attached hydrogens (tertiary/aromatic N) is 1. The highest BCUT2D eigenvalue weighted by molar-refractivity contribution is 6.02. The molecule has 0 fully saturated rings. The van der Waals surface area contributed by atoms with Crippen LogP contribution in [0.25, 0.3) is 10.9 Å². The molecule has 2 aromatic rings. The minimum atomic E-state index is -1.46. The molecule has 0 saturated carbocycles. The molecule has 0 radical (unpaired) electrons. The Morgan fingerprint density at radius 1 is 1.35 bits per heavy atom. The van der Waals surface area contributed by atoms with E-state index in [4.69, 9.17) is 5.11 Å². The number of hydrogen-bond acceptors (Lipinski definition) is 2. The van der Waals surface area contributed by atoms with E-state index in [9.17, 15) is 9.18 Å². The van der Waals surface area contributed by atoms with Crippen LogP contribution in [0.15, 0.2) is 30.5 Å². The van der Waals surface area contributed by atoms with E-state index >= 15 is 0 Å². The number of rotatable bonds is 2. The van der Waals surface area contributed by atoms with Crippen molar-refractivity contribution in [3.8, 4) is 0 Å². The van der Waals surface area contributed by atoms with E-state index in [0.29, 0.717) is 16.5 Å². The normalized spacial score (nSPS) is 11.7. The Kier molecular flexibility index (Phi) is 2.58. The van der Waals surface area contributed by atoms with Crippen molar-refractivity contribution in [2.45, 2.75) is 19.5 Å². The summed E-state index contributed by atoms with van der Waals surface area (Å²) in [5.74, 6) is -1.01. The van der Waals surface area contributed by atoms with E-state index in [1.165, 1.54) is 26.1 Å². The van der Waals surface area contributed by atoms with Crippen molar-refractivity contribution in [1.82, 2.24) is 4.98 Å². The predicted molar refractivity (Wildman–Crippen MR) is 62.8 cm³/mol. The van der Waals surface area contributed by atoms with E-state index in [1.54, 1.807) is 18.2 Å². The van der Waals surface area contributed by atoms with Crippen LogP contribution >= 0.6 is 0 Å². The second-order valence-electron chi connectivity index (χ2n) is 4.37. The lowest BCUT2D eigenvalue weighted by Crippen LogP contribution is -2.09. The van der Waals surface area contributed by atoms with Crippen molar-refractivity contribution in [1.29, 1.82) is 0 Å². The van der Waals surface area contributed by atoms with Crippen molar-refractivity contribution in [3.63, 3.8) is 0 Å². The van der Waals surface area contributed by atoms with E-state index in [-0.39, 0.29) is 5.56 Å². The summed E-state index contributed by atoms with van der Waals surface area (Å²) < 4.78 is 13.8. The van der Waals surface area contributed by atoms with Crippen LogP contribution in [0.2, 0.25) is 0 Å². The molecule has 0 unspecified atom stereocenters. The Bertz CT molecular complexity index is 587. The fourth-order valence-electron chi connectivity index (χ4n) is 1.70. The van der Waals surface area contributed by atoms with Crippen molar-refractivity contribution in [2.24, 2.45) is 0 Å². The number of carboxylic acid groups (broad SMARTS) is 1. The molecule has 2 rings (SSSR count). The lowest BCUT2D eigenvalue weighted by Gasteiger charge is -2.15. The number of carbonyl (C=O) groups is 1. The lowest BCUT2D eigenvalue weighted by molar-refractivity contribution is 0.0699. The molecule has 0 aliphatic carbocycles. The number of halogens is 1. The highest BCUT2D eigenvalue weighted by atomic mass is 19.1. The molecular formula is C13H12FNO2. The first-order valence-electron chi connectivity index (χ1n) is 5.21. The largest absolute Gasteiger partial charge is 0.478 e. The molecule has 1 N–H and O–H groups in total. The summed E-state index contributed by atoms with van der Waals surface area (Å²) in [5.41, 5.74) is -0.305. The molecule has 17 heavy (non-hydrogen) atoms. The molecule has 88 valence electrons. The Morgan fingerprint density at radius 3 is 2.65 bits per heavy atom. The van der Waals surface area contributed by atoms with Gasteiger partial charge in [0, 0.05) is 11.6 Å². The van der Waals surface area contributed by atoms with Crippen LogP contribution in [-0.4, -0.2) is 16.1 Å². The molecule has 0 aliphatic heterocycles. The Hall–Kier alpha value is -1.97. The Morgan fingerprint density at radius 2 is 2.06 bits per heavy atom. The van der Waals surface area contributed by atoms with Gasteiger partial charge in [-0.15, -0.1) is 0 Å². The van der Waals surface area contributed by atoms with Gasteiger partial charge in [-0.3, -0.25) is 4.98 Å². The SMILES string of the molecule is CC(C)(F)c1ccc2c(C(=O)O)ccnc2c1. The van der Waals surface area contributed by atoms with Gasteiger partial charge in [0.2, 0.25) is 0 Å². The topological polar surface area (TPSA) is 50.2 Å². The Balaban J connectivity index is 2.69. The van der Waals surface area contributed by atoms with Gasteiger partial charge in [-0.05, 0) is 31.5 Å². The van der Waals surface area contributed by atoms with Crippen LogP contribution in [0.1, 0.15) is 29.8 Å². The van der Waals surface area contributed by atoms with Crippen LogP contribution in [0.4, 0.5) is 4.39 Å². The van der Waals surface area contributed by atoms with Gasteiger partial charge in [-0.1, -0.05) is 12.1 Å². The fraction of sp³-hybridized carbons (Fsp3) is 0.231. The number of pyridine rings is 1. The van der Waals surface area contributed by atoms with Gasteiger partial charge in [0.15, 0.2) is 0 Å². The number of aromatic carboxylic acids is 1. The summed E-state index contributed by atoms with van der Waals surface area (Å²) in [4.78, 5) is 15.1. The quantitative estimate of drug-likeness (QED) is 0.866. The van der Waals surface area contributed by atoms with Gasteiger partial charge >= 0.3 is 5.97 Å². The molecule has 4 heteroatoms. The smallest absolute Gasteiger partial charge is 0.336 e. The molecule has 0 spiro atoms. The van der Waals surface area contributed by atoms with E-state index < -0.39 is 11.6 Å². The van der Waals surface area contributed by atoms with Crippen LogP contribution in [0.3, 0.4) is 0 Å². The van der Waals surface area contributed by atoms with Crippen molar-refractivity contribution in [3.05, 3.63) is 41.6 Å². The van der Waals surface area contributed by atoms with Crippen molar-refractivity contribution < 1.29 is 14.3 Å². The maximum atomic E-state index is 13.8. The summed E-state index contributed by atoms with van der Waals surface area (Å²) in [6.07, 6.45) is 1.42. The predicted octanol–water partition coefficient (Wildman–Crippen LogP) is 3.14. The van der Waals surface area contributed by atoms with Gasteiger partial charge in [0.25, 0.3) is 0 Å². The van der Waals surface area contributed by atoms with Crippen molar-refractivity contribution in [2.75, 3.05) is 0 Å². The molecule has 0 aliphatic rings. The molecule has 3 nitrogen and oxygen atoms in total. The van der Waals surface area contributed by atoms with Gasteiger partial charge in [0.1, 0.15) is 5.67 Å². The van der Waals surface area contributed by atoms with E-state index in [1.807, 2.05) is 0 Å². The first-order chi connectivity index (χ1) is 7.89. The minimum Gasteiger partial charge on any atom is -0.478 e. The lowest BCUT2D eigenvalue weighted by atomic mass is 9.97. The first-order valence-corrected chi connectivity index (χ1v) is 5.21. The number of aromatic nitrogens is 1. The highest BCUT2D eigenvalue weighted by Gasteiger charge is 2.19. The zero-order valence-electron chi connectivity index (χ0n) is 9.57. The van der Waals surface area contributed by atoms with Crippen LogP contribution in [0, 0.1) is 0 Å². The highest BCUT2D eigenvalue weighted by Crippen LogP contribution is 2.28. The van der Waals surface area contributed by atoms with Gasteiger partial charge < -0.3 is 5.11 Å². The Labute approximate surface area is 97.9 Å². The molecule has 0 atom stereocenters. The van der Waals surface area contributed by atoms with Gasteiger partial charge in [-0.2, -0.15) is 0 Å². The molecule has 1 heterocycles. The molecule has 1 aromatic carbocycles. The summed E-state index contributed by atoms with van der Waals surface area (Å²) in [6, 6.07) is 6.21. The van der Waals surface area contributed by atoms with E-state index in [0.717, 1.165) is 0 Å². The zero-order valence-corrected chi connectivity index (χ0v) is 9.57. The molecule has 0 bridgehead atoms. The van der Waals surface area contributed by atoms with Gasteiger partial charge in [-0.25, -0.2) is 9.18 Å². The molecule has 1 aromatic heterocycles. The summed E-state index contributed by atoms with van der Waals surface area (Å²) >= 11 is 0. The average Bonchev–Trinajstić information content (AvgIpc) is 2.26. The van der Waals surface area contributed by atoms with E-state index in [2.05, 4.69) is 4.98 Å². The third-order valence-electron chi connectivity index (χ3n) is 2.66. The van der Waals surface area contributed by atoms with Crippen molar-refractivity contribution >= 4 is 16.9 Å². The molecular weight excluding hydrogens is 221 g/mol. The second kappa shape index (κ2) is 3.80. The van der Waals surface area contributed by atoms with Crippen LogP contribution in [0.5, 0.6) is 0 Å². The number of hydrogen-bond donors (Lipinski definition) is 1. The summed E-state index contributed by atoms with van der Waals surface area (Å²) in [7, 11) is 0. The number of benzene rings is 1. The molecule has 0 amide bonds. The fourth-order valence-corrected chi connectivity index (χ4v) is 1.70. The monoisotopic (exact) mass is 233 g/mol. The zero-order chi connectivity index (χ0) is 12.6. The first kappa shape index (κ1) is 11.5. The maximum Gasteiger partial charge on any atom is 0.336 e. The third-order valence-corrected chi connectivity index (χ3v) is 2.66. The number of fused-ring (bicyclic) bond motifs is 1. The average molecular weight is 233 g/mol. The summed E-state index contributed by atoms with van der Waals surface area (Å²) in [6.45, 7) is 2.91. The summed E-state index contributed by atoms with van der Waals surface area (Å²) in [5, 5.41) is 9.53.